The van der Waals surface area contributed by atoms with Crippen molar-refractivity contribution in [3.8, 4) is 0 Å². The average molecular weight is 244 g/mol. The maximum atomic E-state index is 11.9. The van der Waals surface area contributed by atoms with Gasteiger partial charge < -0.3 is 15.4 Å². The van der Waals surface area contributed by atoms with Crippen LogP contribution in [0.1, 0.15) is 40.0 Å². The highest BCUT2D eigenvalue weighted by Gasteiger charge is 2.12. The standard InChI is InChI=1S/C13H28N2O2/c1-4-15(10-11-17-5-2)13(16)7-6-12(3)8-9-14/h12H,4-11,14H2,1-3H3. The van der Waals surface area contributed by atoms with Gasteiger partial charge in [-0.05, 0) is 39.2 Å². The lowest BCUT2D eigenvalue weighted by Crippen LogP contribution is -2.34. The molecule has 0 aliphatic carbocycles. The first-order chi connectivity index (χ1) is 8.15. The molecular formula is C13H28N2O2. The number of carbonyl (C=O) groups excluding carboxylic acids is 1. The van der Waals surface area contributed by atoms with Crippen molar-refractivity contribution in [2.45, 2.75) is 40.0 Å². The van der Waals surface area contributed by atoms with E-state index >= 15 is 0 Å². The number of ether oxygens (including phenoxy) is 1. The van der Waals surface area contributed by atoms with Gasteiger partial charge in [0.25, 0.3) is 0 Å². The fourth-order valence-electron chi connectivity index (χ4n) is 1.74. The first-order valence-corrected chi connectivity index (χ1v) is 6.71. The third kappa shape index (κ3) is 8.16. The maximum absolute atomic E-state index is 11.9. The number of amides is 1. The van der Waals surface area contributed by atoms with E-state index in [1.807, 2.05) is 18.7 Å². The molecule has 17 heavy (non-hydrogen) atoms. The van der Waals surface area contributed by atoms with Crippen molar-refractivity contribution in [2.75, 3.05) is 32.8 Å². The number of likely N-dealkylation sites (N-methyl/N-ethyl adjacent to an activating group) is 1. The van der Waals surface area contributed by atoms with Gasteiger partial charge in [0.2, 0.25) is 5.91 Å². The van der Waals surface area contributed by atoms with Gasteiger partial charge in [0.1, 0.15) is 0 Å². The van der Waals surface area contributed by atoms with Crippen LogP contribution in [0.2, 0.25) is 0 Å². The van der Waals surface area contributed by atoms with Crippen molar-refractivity contribution >= 4 is 5.91 Å². The zero-order chi connectivity index (χ0) is 13.1. The van der Waals surface area contributed by atoms with Crippen LogP contribution in [0.5, 0.6) is 0 Å². The van der Waals surface area contributed by atoms with E-state index in [-0.39, 0.29) is 5.91 Å². The highest BCUT2D eigenvalue weighted by atomic mass is 16.5. The Labute approximate surface area is 105 Å². The largest absolute Gasteiger partial charge is 0.380 e. The molecule has 102 valence electrons. The summed E-state index contributed by atoms with van der Waals surface area (Å²) in [6.07, 6.45) is 2.56. The average Bonchev–Trinajstić information content (AvgIpc) is 2.32. The predicted molar refractivity (Wildman–Crippen MR) is 70.8 cm³/mol. The summed E-state index contributed by atoms with van der Waals surface area (Å²) in [5, 5.41) is 0. The summed E-state index contributed by atoms with van der Waals surface area (Å²) in [6.45, 7) is 9.63. The van der Waals surface area contributed by atoms with E-state index in [0.29, 0.717) is 38.6 Å². The first-order valence-electron chi connectivity index (χ1n) is 6.71. The number of nitrogens with two attached hydrogens (primary N) is 1. The van der Waals surface area contributed by atoms with Crippen LogP contribution in [0, 0.1) is 5.92 Å². The molecule has 0 aromatic carbocycles. The Morgan fingerprint density at radius 1 is 1.35 bits per heavy atom. The molecule has 1 amide bonds. The quantitative estimate of drug-likeness (QED) is 0.594. The van der Waals surface area contributed by atoms with Crippen LogP contribution >= 0.6 is 0 Å². The van der Waals surface area contributed by atoms with Crippen LogP contribution in [0.15, 0.2) is 0 Å². The van der Waals surface area contributed by atoms with Gasteiger partial charge in [-0.15, -0.1) is 0 Å². The van der Waals surface area contributed by atoms with Gasteiger partial charge in [0, 0.05) is 26.1 Å². The highest BCUT2D eigenvalue weighted by molar-refractivity contribution is 5.76. The second kappa shape index (κ2) is 10.5. The summed E-state index contributed by atoms with van der Waals surface area (Å²) >= 11 is 0. The van der Waals surface area contributed by atoms with E-state index in [1.165, 1.54) is 0 Å². The van der Waals surface area contributed by atoms with Crippen molar-refractivity contribution in [3.05, 3.63) is 0 Å². The Hall–Kier alpha value is -0.610. The Balaban J connectivity index is 3.82. The lowest BCUT2D eigenvalue weighted by molar-refractivity contribution is -0.132. The van der Waals surface area contributed by atoms with Gasteiger partial charge in [0.05, 0.1) is 6.61 Å². The van der Waals surface area contributed by atoms with Gasteiger partial charge in [-0.25, -0.2) is 0 Å². The summed E-state index contributed by atoms with van der Waals surface area (Å²) in [5.41, 5.74) is 5.49. The summed E-state index contributed by atoms with van der Waals surface area (Å²) < 4.78 is 5.27. The van der Waals surface area contributed by atoms with E-state index in [1.54, 1.807) is 0 Å². The minimum Gasteiger partial charge on any atom is -0.380 e. The number of hydrogen-bond acceptors (Lipinski definition) is 3. The minimum absolute atomic E-state index is 0.232. The van der Waals surface area contributed by atoms with Gasteiger partial charge in [-0.2, -0.15) is 0 Å². The second-order valence-corrected chi connectivity index (χ2v) is 4.39. The van der Waals surface area contributed by atoms with E-state index in [0.717, 1.165) is 19.4 Å². The second-order valence-electron chi connectivity index (χ2n) is 4.39. The molecule has 0 aromatic heterocycles. The predicted octanol–water partition coefficient (Wildman–Crippen LogP) is 1.64. The Morgan fingerprint density at radius 3 is 2.59 bits per heavy atom. The molecule has 4 heteroatoms. The molecule has 0 aliphatic rings. The Bertz CT molecular complexity index is 198. The summed E-state index contributed by atoms with van der Waals surface area (Å²) in [5.74, 6) is 0.769. The minimum atomic E-state index is 0.232. The van der Waals surface area contributed by atoms with Crippen molar-refractivity contribution < 1.29 is 9.53 Å². The van der Waals surface area contributed by atoms with Crippen LogP contribution in [0.25, 0.3) is 0 Å². The van der Waals surface area contributed by atoms with E-state index in [9.17, 15) is 4.79 Å². The van der Waals surface area contributed by atoms with Crippen LogP contribution in [-0.2, 0) is 9.53 Å². The summed E-state index contributed by atoms with van der Waals surface area (Å²) in [7, 11) is 0. The Kier molecular flexibility index (Phi) is 10.2. The molecule has 0 aromatic rings. The van der Waals surface area contributed by atoms with Crippen LogP contribution in [0.4, 0.5) is 0 Å². The lowest BCUT2D eigenvalue weighted by Gasteiger charge is -2.21. The number of nitrogens with zero attached hydrogens (tertiary/aromatic N) is 1. The molecule has 0 radical (unpaired) electrons. The van der Waals surface area contributed by atoms with E-state index < -0.39 is 0 Å². The molecule has 0 heterocycles. The van der Waals surface area contributed by atoms with Gasteiger partial charge in [0.15, 0.2) is 0 Å². The fraction of sp³-hybridized carbons (Fsp3) is 0.923. The van der Waals surface area contributed by atoms with Gasteiger partial charge in [-0.1, -0.05) is 6.92 Å². The molecule has 0 aliphatic heterocycles. The van der Waals surface area contributed by atoms with Gasteiger partial charge in [-0.3, -0.25) is 4.79 Å². The third-order valence-corrected chi connectivity index (χ3v) is 2.95. The monoisotopic (exact) mass is 244 g/mol. The van der Waals surface area contributed by atoms with Crippen LogP contribution < -0.4 is 5.73 Å². The van der Waals surface area contributed by atoms with Gasteiger partial charge >= 0.3 is 0 Å². The van der Waals surface area contributed by atoms with E-state index in [2.05, 4.69) is 6.92 Å². The smallest absolute Gasteiger partial charge is 0.222 e. The molecule has 0 bridgehead atoms. The molecule has 2 N–H and O–H groups in total. The van der Waals surface area contributed by atoms with Crippen LogP contribution in [-0.4, -0.2) is 43.7 Å². The molecule has 1 unspecified atom stereocenters. The SMILES string of the molecule is CCOCCN(CC)C(=O)CCC(C)CCN. The molecule has 0 rings (SSSR count). The zero-order valence-electron chi connectivity index (χ0n) is 11.6. The molecule has 0 spiro atoms. The first kappa shape index (κ1) is 16.4. The fourth-order valence-corrected chi connectivity index (χ4v) is 1.74. The van der Waals surface area contributed by atoms with Crippen molar-refractivity contribution in [3.63, 3.8) is 0 Å². The zero-order valence-corrected chi connectivity index (χ0v) is 11.6. The van der Waals surface area contributed by atoms with Crippen LogP contribution in [0.3, 0.4) is 0 Å². The summed E-state index contributed by atoms with van der Waals surface area (Å²) in [4.78, 5) is 13.8. The van der Waals surface area contributed by atoms with E-state index in [4.69, 9.17) is 10.5 Å². The maximum Gasteiger partial charge on any atom is 0.222 e. The Morgan fingerprint density at radius 2 is 2.06 bits per heavy atom. The highest BCUT2D eigenvalue weighted by Crippen LogP contribution is 2.10. The van der Waals surface area contributed by atoms with Crippen molar-refractivity contribution in [1.29, 1.82) is 0 Å². The molecule has 0 saturated carbocycles. The normalized spacial score (nSPS) is 12.5. The van der Waals surface area contributed by atoms with Crippen molar-refractivity contribution in [1.82, 2.24) is 4.90 Å². The number of rotatable bonds is 10. The number of carbonyl (C=O) groups is 1. The topological polar surface area (TPSA) is 55.6 Å². The lowest BCUT2D eigenvalue weighted by atomic mass is 10.0. The number of hydrogen-bond donors (Lipinski definition) is 1. The molecular weight excluding hydrogens is 216 g/mol. The van der Waals surface area contributed by atoms with Crippen molar-refractivity contribution in [2.24, 2.45) is 11.7 Å². The molecule has 1 atom stereocenters. The molecule has 0 fully saturated rings. The summed E-state index contributed by atoms with van der Waals surface area (Å²) in [6, 6.07) is 0. The third-order valence-electron chi connectivity index (χ3n) is 2.95. The molecule has 4 nitrogen and oxygen atoms in total. The molecule has 0 saturated heterocycles.